The zero-order valence-electron chi connectivity index (χ0n) is 13.7. The van der Waals surface area contributed by atoms with Gasteiger partial charge in [-0.15, -0.1) is 0 Å². The van der Waals surface area contributed by atoms with Crippen LogP contribution in [0, 0.1) is 0 Å². The van der Waals surface area contributed by atoms with Gasteiger partial charge in [0.15, 0.2) is 0 Å². The van der Waals surface area contributed by atoms with E-state index in [-0.39, 0.29) is 11.9 Å². The maximum atomic E-state index is 12.7. The summed E-state index contributed by atoms with van der Waals surface area (Å²) < 4.78 is 10.0. The van der Waals surface area contributed by atoms with Gasteiger partial charge in [-0.05, 0) is 37.5 Å². The molecule has 1 aliphatic rings. The third-order valence-corrected chi connectivity index (χ3v) is 3.79. The summed E-state index contributed by atoms with van der Waals surface area (Å²) in [7, 11) is 1.63. The highest BCUT2D eigenvalue weighted by Crippen LogP contribution is 2.15. The highest BCUT2D eigenvalue weighted by atomic mass is 16.5. The first kappa shape index (κ1) is 17.3. The van der Waals surface area contributed by atoms with Gasteiger partial charge in [-0.2, -0.15) is 0 Å². The predicted molar refractivity (Wildman–Crippen MR) is 86.2 cm³/mol. The van der Waals surface area contributed by atoms with Gasteiger partial charge in [-0.1, -0.05) is 12.1 Å². The van der Waals surface area contributed by atoms with Crippen LogP contribution in [0.15, 0.2) is 24.3 Å². The zero-order chi connectivity index (χ0) is 16.7. The predicted octanol–water partition coefficient (Wildman–Crippen LogP) is 2.18. The fourth-order valence-corrected chi connectivity index (χ4v) is 2.76. The molecule has 0 aliphatic carbocycles. The van der Waals surface area contributed by atoms with Gasteiger partial charge in [0.25, 0.3) is 5.91 Å². The molecular weight excluding hydrogens is 296 g/mol. The van der Waals surface area contributed by atoms with Gasteiger partial charge < -0.3 is 19.7 Å². The lowest BCUT2D eigenvalue weighted by Gasteiger charge is -2.33. The number of carbonyl (C=O) groups is 2. The Morgan fingerprint density at radius 3 is 2.96 bits per heavy atom. The van der Waals surface area contributed by atoms with Crippen molar-refractivity contribution in [1.82, 2.24) is 10.2 Å². The van der Waals surface area contributed by atoms with Crippen LogP contribution < -0.4 is 5.32 Å². The van der Waals surface area contributed by atoms with Gasteiger partial charge in [0.2, 0.25) is 0 Å². The molecule has 1 aliphatic heterocycles. The molecule has 0 spiro atoms. The van der Waals surface area contributed by atoms with Crippen molar-refractivity contribution in [3.63, 3.8) is 0 Å². The van der Waals surface area contributed by atoms with E-state index in [1.165, 1.54) is 0 Å². The average Bonchev–Trinajstić information content (AvgIpc) is 2.55. The second kappa shape index (κ2) is 8.53. The van der Waals surface area contributed by atoms with Crippen molar-refractivity contribution >= 4 is 12.0 Å². The number of likely N-dealkylation sites (tertiary alicyclic amines) is 1. The van der Waals surface area contributed by atoms with Crippen LogP contribution in [0.25, 0.3) is 0 Å². The number of benzene rings is 1. The van der Waals surface area contributed by atoms with Crippen LogP contribution in [0.1, 0.15) is 35.7 Å². The SMILES string of the molecule is CCOC(=O)N[C@H]1CCCN(C(=O)c2cccc(COC)c2)C1. The minimum atomic E-state index is -0.422. The number of hydrogen-bond acceptors (Lipinski definition) is 4. The molecule has 1 aromatic carbocycles. The van der Waals surface area contributed by atoms with Crippen LogP contribution in [0.4, 0.5) is 4.79 Å². The van der Waals surface area contributed by atoms with Gasteiger partial charge in [-0.25, -0.2) is 4.79 Å². The topological polar surface area (TPSA) is 67.9 Å². The molecule has 0 radical (unpaired) electrons. The fraction of sp³-hybridized carbons (Fsp3) is 0.529. The van der Waals surface area contributed by atoms with E-state index in [0.29, 0.717) is 31.9 Å². The summed E-state index contributed by atoms with van der Waals surface area (Å²) in [5.74, 6) is -0.0155. The quantitative estimate of drug-likeness (QED) is 0.903. The van der Waals surface area contributed by atoms with E-state index < -0.39 is 6.09 Å². The summed E-state index contributed by atoms with van der Waals surface area (Å²) in [4.78, 5) is 26.0. The Morgan fingerprint density at radius 1 is 1.39 bits per heavy atom. The Labute approximate surface area is 136 Å². The van der Waals surface area contributed by atoms with Crippen molar-refractivity contribution in [1.29, 1.82) is 0 Å². The van der Waals surface area contributed by atoms with Crippen LogP contribution in [0.5, 0.6) is 0 Å². The maximum Gasteiger partial charge on any atom is 0.407 e. The van der Waals surface area contributed by atoms with Gasteiger partial charge in [0.1, 0.15) is 0 Å². The van der Waals surface area contributed by atoms with Gasteiger partial charge in [0, 0.05) is 31.8 Å². The average molecular weight is 320 g/mol. The van der Waals surface area contributed by atoms with Crippen molar-refractivity contribution in [2.24, 2.45) is 0 Å². The lowest BCUT2D eigenvalue weighted by atomic mass is 10.0. The van der Waals surface area contributed by atoms with Crippen molar-refractivity contribution in [3.8, 4) is 0 Å². The lowest BCUT2D eigenvalue weighted by Crippen LogP contribution is -2.49. The van der Waals surface area contributed by atoms with Crippen LogP contribution >= 0.6 is 0 Å². The molecule has 1 fully saturated rings. The molecule has 1 N–H and O–H groups in total. The van der Waals surface area contributed by atoms with Crippen LogP contribution in [0.3, 0.4) is 0 Å². The summed E-state index contributed by atoms with van der Waals surface area (Å²) >= 11 is 0. The van der Waals surface area contributed by atoms with E-state index in [2.05, 4.69) is 5.32 Å². The van der Waals surface area contributed by atoms with Crippen molar-refractivity contribution in [2.75, 3.05) is 26.8 Å². The van der Waals surface area contributed by atoms with E-state index in [1.54, 1.807) is 18.9 Å². The van der Waals surface area contributed by atoms with Crippen LogP contribution in [-0.2, 0) is 16.1 Å². The molecule has 2 rings (SSSR count). The maximum absolute atomic E-state index is 12.7. The van der Waals surface area contributed by atoms with E-state index in [4.69, 9.17) is 9.47 Å². The second-order valence-corrected chi connectivity index (χ2v) is 5.59. The van der Waals surface area contributed by atoms with Crippen LogP contribution in [-0.4, -0.2) is 49.7 Å². The Bertz CT molecular complexity index is 547. The first-order valence-corrected chi connectivity index (χ1v) is 7.94. The molecule has 0 saturated carbocycles. The van der Waals surface area contributed by atoms with Gasteiger partial charge >= 0.3 is 6.09 Å². The summed E-state index contributed by atoms with van der Waals surface area (Å²) in [5.41, 5.74) is 1.62. The zero-order valence-corrected chi connectivity index (χ0v) is 13.7. The molecule has 1 aromatic rings. The molecule has 2 amide bonds. The molecular formula is C17H24N2O4. The number of hydrogen-bond donors (Lipinski definition) is 1. The molecule has 126 valence electrons. The van der Waals surface area contributed by atoms with E-state index in [9.17, 15) is 9.59 Å². The van der Waals surface area contributed by atoms with Gasteiger partial charge in [-0.3, -0.25) is 4.79 Å². The van der Waals surface area contributed by atoms with Crippen molar-refractivity contribution < 1.29 is 19.1 Å². The number of nitrogens with one attached hydrogen (secondary N) is 1. The first-order chi connectivity index (χ1) is 11.1. The minimum Gasteiger partial charge on any atom is -0.450 e. The molecule has 0 aromatic heterocycles. The minimum absolute atomic E-state index is 0.0155. The third kappa shape index (κ3) is 4.96. The lowest BCUT2D eigenvalue weighted by molar-refractivity contribution is 0.0686. The van der Waals surface area contributed by atoms with Gasteiger partial charge in [0.05, 0.1) is 13.2 Å². The smallest absolute Gasteiger partial charge is 0.407 e. The summed E-state index contributed by atoms with van der Waals surface area (Å²) in [6.45, 7) is 3.80. The number of nitrogens with zero attached hydrogens (tertiary/aromatic N) is 1. The molecule has 1 heterocycles. The first-order valence-electron chi connectivity index (χ1n) is 7.94. The molecule has 6 nitrogen and oxygen atoms in total. The molecule has 0 unspecified atom stereocenters. The Morgan fingerprint density at radius 2 is 2.22 bits per heavy atom. The summed E-state index contributed by atoms with van der Waals surface area (Å²) in [6.07, 6.45) is 1.29. The largest absolute Gasteiger partial charge is 0.450 e. The third-order valence-electron chi connectivity index (χ3n) is 3.79. The van der Waals surface area contributed by atoms with Crippen molar-refractivity contribution in [2.45, 2.75) is 32.4 Å². The number of piperidine rings is 1. The summed E-state index contributed by atoms with van der Waals surface area (Å²) in [5, 5.41) is 2.81. The summed E-state index contributed by atoms with van der Waals surface area (Å²) in [6, 6.07) is 7.40. The van der Waals surface area contributed by atoms with E-state index >= 15 is 0 Å². The van der Waals surface area contributed by atoms with Crippen molar-refractivity contribution in [3.05, 3.63) is 35.4 Å². The molecule has 1 saturated heterocycles. The number of ether oxygens (including phenoxy) is 2. The van der Waals surface area contributed by atoms with E-state index in [0.717, 1.165) is 18.4 Å². The van der Waals surface area contributed by atoms with E-state index in [1.807, 2.05) is 24.3 Å². The molecule has 0 bridgehead atoms. The monoisotopic (exact) mass is 320 g/mol. The number of methoxy groups -OCH3 is 1. The number of amides is 2. The van der Waals surface area contributed by atoms with Crippen LogP contribution in [0.2, 0.25) is 0 Å². The Kier molecular flexibility index (Phi) is 6.40. The number of rotatable bonds is 5. The molecule has 1 atom stereocenters. The number of alkyl carbamates (subject to hydrolysis) is 1. The molecule has 23 heavy (non-hydrogen) atoms. The molecule has 6 heteroatoms. The Hall–Kier alpha value is -2.08. The fourth-order valence-electron chi connectivity index (χ4n) is 2.76. The second-order valence-electron chi connectivity index (χ2n) is 5.59. The normalized spacial score (nSPS) is 17.7. The highest BCUT2D eigenvalue weighted by Gasteiger charge is 2.25. The Balaban J connectivity index is 1.98. The highest BCUT2D eigenvalue weighted by molar-refractivity contribution is 5.94. The standard InChI is InChI=1S/C17H24N2O4/c1-3-23-17(21)18-15-8-5-9-19(11-15)16(20)14-7-4-6-13(10-14)12-22-2/h4,6-7,10,15H,3,5,8-9,11-12H2,1-2H3,(H,18,21)/t15-/m0/s1. The number of carbonyl (C=O) groups excluding carboxylic acids is 2.